The van der Waals surface area contributed by atoms with Crippen LogP contribution in [0.3, 0.4) is 0 Å². The molecule has 4 rings (SSSR count). The largest absolute Gasteiger partial charge is 0.409 e. The number of nitrogens with zero attached hydrogens (tertiary/aromatic N) is 3. The Labute approximate surface area is 200 Å². The molecule has 3 N–H and O–H groups in total. The fourth-order valence-electron chi connectivity index (χ4n) is 3.66. The van der Waals surface area contributed by atoms with Gasteiger partial charge in [-0.2, -0.15) is 0 Å². The summed E-state index contributed by atoms with van der Waals surface area (Å²) >= 11 is 1.62. The SMILES string of the molecule is CSc1ccc(-n2c(-c3ccc(C)cc3)cc(=O)n(Cc3ccc(/C(N)=N/O)cc3)c2=O)cc1. The smallest absolute Gasteiger partial charge is 0.336 e. The summed E-state index contributed by atoms with van der Waals surface area (Å²) in [7, 11) is 0. The number of benzene rings is 3. The zero-order valence-electron chi connectivity index (χ0n) is 18.8. The van der Waals surface area contributed by atoms with E-state index in [4.69, 9.17) is 10.9 Å². The highest BCUT2D eigenvalue weighted by Crippen LogP contribution is 2.23. The maximum absolute atomic E-state index is 13.7. The normalized spacial score (nSPS) is 11.5. The highest BCUT2D eigenvalue weighted by atomic mass is 32.2. The van der Waals surface area contributed by atoms with Gasteiger partial charge in [-0.05, 0) is 48.6 Å². The lowest BCUT2D eigenvalue weighted by Gasteiger charge is -2.16. The summed E-state index contributed by atoms with van der Waals surface area (Å²) in [6.45, 7) is 2.08. The van der Waals surface area contributed by atoms with E-state index in [1.54, 1.807) is 40.6 Å². The van der Waals surface area contributed by atoms with Crippen molar-refractivity contribution >= 4 is 17.6 Å². The first-order chi connectivity index (χ1) is 16.4. The van der Waals surface area contributed by atoms with Crippen LogP contribution in [-0.4, -0.2) is 26.4 Å². The topological polar surface area (TPSA) is 103 Å². The van der Waals surface area contributed by atoms with Crippen LogP contribution in [0, 0.1) is 6.92 Å². The minimum Gasteiger partial charge on any atom is -0.409 e. The van der Waals surface area contributed by atoms with E-state index >= 15 is 0 Å². The molecule has 7 nitrogen and oxygen atoms in total. The van der Waals surface area contributed by atoms with E-state index in [0.29, 0.717) is 16.9 Å². The third-order valence-electron chi connectivity index (χ3n) is 5.57. The van der Waals surface area contributed by atoms with Gasteiger partial charge in [0.15, 0.2) is 5.84 Å². The van der Waals surface area contributed by atoms with Crippen molar-refractivity contribution in [3.63, 3.8) is 0 Å². The molecule has 0 radical (unpaired) electrons. The lowest BCUT2D eigenvalue weighted by Crippen LogP contribution is -2.39. The maximum Gasteiger partial charge on any atom is 0.336 e. The molecule has 0 fully saturated rings. The number of thioether (sulfide) groups is 1. The first-order valence-electron chi connectivity index (χ1n) is 10.6. The van der Waals surface area contributed by atoms with Gasteiger partial charge in [0.1, 0.15) is 0 Å². The van der Waals surface area contributed by atoms with Crippen molar-refractivity contribution in [3.8, 4) is 16.9 Å². The van der Waals surface area contributed by atoms with Crippen LogP contribution >= 0.6 is 11.8 Å². The van der Waals surface area contributed by atoms with Crippen LogP contribution in [0.25, 0.3) is 16.9 Å². The van der Waals surface area contributed by atoms with Crippen molar-refractivity contribution in [2.24, 2.45) is 10.9 Å². The van der Waals surface area contributed by atoms with Gasteiger partial charge in [0.2, 0.25) is 0 Å². The molecule has 34 heavy (non-hydrogen) atoms. The van der Waals surface area contributed by atoms with Gasteiger partial charge in [0, 0.05) is 16.5 Å². The van der Waals surface area contributed by atoms with E-state index in [1.807, 2.05) is 61.7 Å². The van der Waals surface area contributed by atoms with Gasteiger partial charge in [0.25, 0.3) is 5.56 Å². The molecule has 0 aliphatic rings. The first kappa shape index (κ1) is 23.1. The lowest BCUT2D eigenvalue weighted by atomic mass is 10.1. The molecule has 1 heterocycles. The predicted molar refractivity (Wildman–Crippen MR) is 136 cm³/mol. The van der Waals surface area contributed by atoms with Gasteiger partial charge in [-0.15, -0.1) is 11.8 Å². The van der Waals surface area contributed by atoms with Crippen molar-refractivity contribution in [2.45, 2.75) is 18.4 Å². The summed E-state index contributed by atoms with van der Waals surface area (Å²) < 4.78 is 2.78. The van der Waals surface area contributed by atoms with Crippen LogP contribution in [0.5, 0.6) is 0 Å². The molecule has 4 aromatic rings. The van der Waals surface area contributed by atoms with E-state index in [2.05, 4.69) is 5.16 Å². The van der Waals surface area contributed by atoms with Gasteiger partial charge in [0.05, 0.1) is 17.9 Å². The van der Waals surface area contributed by atoms with Crippen molar-refractivity contribution < 1.29 is 5.21 Å². The summed E-state index contributed by atoms with van der Waals surface area (Å²) in [6, 6.07) is 23.7. The van der Waals surface area contributed by atoms with Gasteiger partial charge >= 0.3 is 5.69 Å². The van der Waals surface area contributed by atoms with Crippen LogP contribution < -0.4 is 17.0 Å². The van der Waals surface area contributed by atoms with Crippen molar-refractivity contribution in [2.75, 3.05) is 6.26 Å². The van der Waals surface area contributed by atoms with Crippen LogP contribution in [0.2, 0.25) is 0 Å². The molecule has 0 unspecified atom stereocenters. The van der Waals surface area contributed by atoms with Crippen LogP contribution in [0.1, 0.15) is 16.7 Å². The quantitative estimate of drug-likeness (QED) is 0.146. The minimum atomic E-state index is -0.430. The molecule has 0 aliphatic carbocycles. The molecule has 172 valence electrons. The third-order valence-corrected chi connectivity index (χ3v) is 6.31. The highest BCUT2D eigenvalue weighted by molar-refractivity contribution is 7.98. The molecule has 0 amide bonds. The Bertz CT molecular complexity index is 1450. The van der Waals surface area contributed by atoms with Crippen LogP contribution in [0.4, 0.5) is 0 Å². The summed E-state index contributed by atoms with van der Waals surface area (Å²) in [5.41, 5.74) is 9.16. The zero-order valence-corrected chi connectivity index (χ0v) is 19.6. The standard InChI is InChI=1S/C26H24N4O3S/c1-17-3-7-19(8-4-17)23-15-24(31)29(16-18-5-9-20(10-6-18)25(27)28-33)26(32)30(23)21-11-13-22(34-2)14-12-21/h3-15,33H,16H2,1-2H3,(H2,27,28). The summed E-state index contributed by atoms with van der Waals surface area (Å²) in [4.78, 5) is 27.8. The molecule has 8 heteroatoms. The van der Waals surface area contributed by atoms with Crippen LogP contribution in [-0.2, 0) is 6.54 Å². The monoisotopic (exact) mass is 472 g/mol. The molecule has 0 saturated carbocycles. The molecule has 1 aromatic heterocycles. The number of hydrogen-bond donors (Lipinski definition) is 2. The fourth-order valence-corrected chi connectivity index (χ4v) is 4.07. The minimum absolute atomic E-state index is 0.0118. The molecular weight excluding hydrogens is 448 g/mol. The van der Waals surface area contributed by atoms with Crippen LogP contribution in [0.15, 0.2) is 98.5 Å². The van der Waals surface area contributed by atoms with Crippen molar-refractivity contribution in [1.29, 1.82) is 0 Å². The Balaban J connectivity index is 1.86. The second-order valence-electron chi connectivity index (χ2n) is 7.82. The number of oxime groups is 1. The van der Waals surface area contributed by atoms with E-state index in [-0.39, 0.29) is 12.4 Å². The summed E-state index contributed by atoms with van der Waals surface area (Å²) in [6.07, 6.45) is 1.99. The number of aryl methyl sites for hydroxylation is 1. The zero-order chi connectivity index (χ0) is 24.2. The molecule has 0 aliphatic heterocycles. The second kappa shape index (κ2) is 9.84. The van der Waals surface area contributed by atoms with E-state index < -0.39 is 11.2 Å². The third kappa shape index (κ3) is 4.67. The number of hydrogen-bond acceptors (Lipinski definition) is 5. The number of rotatable bonds is 6. The summed E-state index contributed by atoms with van der Waals surface area (Å²) in [5, 5.41) is 11.8. The Kier molecular flexibility index (Phi) is 6.70. The Morgan fingerprint density at radius 3 is 2.21 bits per heavy atom. The molecule has 0 spiro atoms. The van der Waals surface area contributed by atoms with E-state index in [1.165, 1.54) is 10.6 Å². The lowest BCUT2D eigenvalue weighted by molar-refractivity contribution is 0.318. The molecule has 0 atom stereocenters. The van der Waals surface area contributed by atoms with Gasteiger partial charge < -0.3 is 10.9 Å². The van der Waals surface area contributed by atoms with Gasteiger partial charge in [-0.1, -0.05) is 59.3 Å². The van der Waals surface area contributed by atoms with Gasteiger partial charge in [-0.25, -0.2) is 4.79 Å². The average molecular weight is 473 g/mol. The molecule has 0 bridgehead atoms. The molecule has 0 saturated heterocycles. The Hall–Kier alpha value is -4.04. The van der Waals surface area contributed by atoms with E-state index in [0.717, 1.165) is 21.6 Å². The average Bonchev–Trinajstić information content (AvgIpc) is 2.87. The van der Waals surface area contributed by atoms with Crippen molar-refractivity contribution in [3.05, 3.63) is 116 Å². The highest BCUT2D eigenvalue weighted by Gasteiger charge is 2.15. The van der Waals surface area contributed by atoms with Gasteiger partial charge in [-0.3, -0.25) is 13.9 Å². The fraction of sp³-hybridized carbons (Fsp3) is 0.115. The Morgan fingerprint density at radius 2 is 1.62 bits per heavy atom. The van der Waals surface area contributed by atoms with Crippen molar-refractivity contribution in [1.82, 2.24) is 9.13 Å². The van der Waals surface area contributed by atoms with E-state index in [9.17, 15) is 9.59 Å². The maximum atomic E-state index is 13.7. The second-order valence-corrected chi connectivity index (χ2v) is 8.70. The first-order valence-corrected chi connectivity index (χ1v) is 11.8. The molecule has 3 aromatic carbocycles. The number of aromatic nitrogens is 2. The Morgan fingerprint density at radius 1 is 0.971 bits per heavy atom. The number of nitrogens with two attached hydrogens (primary N) is 1. The number of amidine groups is 1. The summed E-state index contributed by atoms with van der Waals surface area (Å²) in [5.74, 6) is -0.0118. The molecular formula is C26H24N4O3S. The predicted octanol–water partition coefficient (Wildman–Crippen LogP) is 3.84.